The minimum atomic E-state index is -0.150. The van der Waals surface area contributed by atoms with Crippen LogP contribution in [0.2, 0.25) is 0 Å². The molecule has 25 heavy (non-hydrogen) atoms. The third kappa shape index (κ3) is 2.54. The number of aromatic amines is 1. The molecule has 1 amide bonds. The number of rotatable bonds is 3. The van der Waals surface area contributed by atoms with Crippen LogP contribution in [0.25, 0.3) is 0 Å². The van der Waals surface area contributed by atoms with E-state index in [9.17, 15) is 4.79 Å². The maximum absolute atomic E-state index is 12.6. The van der Waals surface area contributed by atoms with Gasteiger partial charge in [0.2, 0.25) is 0 Å². The summed E-state index contributed by atoms with van der Waals surface area (Å²) in [6.07, 6.45) is 12.4. The van der Waals surface area contributed by atoms with Crippen LogP contribution in [0, 0.1) is 23.2 Å². The molecule has 0 aliphatic heterocycles. The SMILES string of the molecule is C/C(=N\NC(=O)c1n[nH]c2c1CCCC2)C12CC3CC(CC(C3)C1)C2. The molecule has 0 unspecified atom stereocenters. The quantitative estimate of drug-likeness (QED) is 0.652. The molecule has 0 atom stereocenters. The van der Waals surface area contributed by atoms with E-state index < -0.39 is 0 Å². The van der Waals surface area contributed by atoms with Crippen molar-refractivity contribution in [3.63, 3.8) is 0 Å². The Morgan fingerprint density at radius 1 is 1.12 bits per heavy atom. The molecule has 5 aliphatic rings. The Morgan fingerprint density at radius 2 is 1.76 bits per heavy atom. The Hall–Kier alpha value is -1.65. The largest absolute Gasteiger partial charge is 0.292 e. The van der Waals surface area contributed by atoms with Crippen molar-refractivity contribution in [2.24, 2.45) is 28.3 Å². The molecule has 1 heterocycles. The average Bonchev–Trinajstić information content (AvgIpc) is 3.02. The van der Waals surface area contributed by atoms with Crippen LogP contribution in [0.5, 0.6) is 0 Å². The lowest BCUT2D eigenvalue weighted by atomic mass is 9.48. The van der Waals surface area contributed by atoms with E-state index in [1.165, 1.54) is 44.9 Å². The van der Waals surface area contributed by atoms with Gasteiger partial charge in [-0.2, -0.15) is 10.2 Å². The summed E-state index contributed by atoms with van der Waals surface area (Å²) in [4.78, 5) is 12.6. The minimum Gasteiger partial charge on any atom is -0.281 e. The third-order valence-electron chi connectivity index (χ3n) is 7.40. The van der Waals surface area contributed by atoms with Crippen molar-refractivity contribution in [3.05, 3.63) is 17.0 Å². The molecule has 6 rings (SSSR count). The van der Waals surface area contributed by atoms with Crippen molar-refractivity contribution < 1.29 is 4.79 Å². The summed E-state index contributed by atoms with van der Waals surface area (Å²) >= 11 is 0. The van der Waals surface area contributed by atoms with Crippen LogP contribution in [-0.2, 0) is 12.8 Å². The molecule has 0 saturated heterocycles. The van der Waals surface area contributed by atoms with Gasteiger partial charge in [-0.15, -0.1) is 0 Å². The zero-order chi connectivity index (χ0) is 17.0. The average molecular weight is 340 g/mol. The van der Waals surface area contributed by atoms with Crippen LogP contribution in [0.15, 0.2) is 5.10 Å². The van der Waals surface area contributed by atoms with Gasteiger partial charge >= 0.3 is 0 Å². The first-order valence-electron chi connectivity index (χ1n) is 10.0. The number of carbonyl (C=O) groups excluding carboxylic acids is 1. The summed E-state index contributed by atoms with van der Waals surface area (Å²) in [6.45, 7) is 2.13. The number of aromatic nitrogens is 2. The number of aryl methyl sites for hydroxylation is 1. The molecule has 1 aromatic rings. The summed E-state index contributed by atoms with van der Waals surface area (Å²) < 4.78 is 0. The Labute approximate surface area is 149 Å². The second-order valence-corrected chi connectivity index (χ2v) is 9.07. The van der Waals surface area contributed by atoms with Crippen LogP contribution in [-0.4, -0.2) is 21.8 Å². The first kappa shape index (κ1) is 15.6. The van der Waals surface area contributed by atoms with E-state index in [0.29, 0.717) is 5.69 Å². The van der Waals surface area contributed by atoms with Crippen LogP contribution in [0.1, 0.15) is 80.0 Å². The number of H-pyrrole nitrogens is 1. The molecule has 5 heteroatoms. The predicted octanol–water partition coefficient (Wildman–Crippen LogP) is 3.61. The third-order valence-corrected chi connectivity index (χ3v) is 7.40. The van der Waals surface area contributed by atoms with E-state index >= 15 is 0 Å². The molecule has 1 aromatic heterocycles. The number of hydrogen-bond acceptors (Lipinski definition) is 3. The van der Waals surface area contributed by atoms with E-state index in [1.807, 2.05) is 0 Å². The molecule has 5 nitrogen and oxygen atoms in total. The Morgan fingerprint density at radius 3 is 2.44 bits per heavy atom. The highest BCUT2D eigenvalue weighted by Gasteiger charge is 2.52. The molecule has 4 saturated carbocycles. The Kier molecular flexibility index (Phi) is 3.54. The number of carbonyl (C=O) groups is 1. The number of fused-ring (bicyclic) bond motifs is 1. The molecular weight excluding hydrogens is 312 g/mol. The Balaban J connectivity index is 1.33. The first-order valence-corrected chi connectivity index (χ1v) is 10.0. The van der Waals surface area contributed by atoms with Crippen LogP contribution < -0.4 is 5.43 Å². The fourth-order valence-electron chi connectivity index (χ4n) is 6.53. The second kappa shape index (κ2) is 5.68. The molecule has 5 aliphatic carbocycles. The van der Waals surface area contributed by atoms with Gasteiger partial charge in [-0.25, -0.2) is 5.43 Å². The van der Waals surface area contributed by atoms with E-state index in [2.05, 4.69) is 27.6 Å². The van der Waals surface area contributed by atoms with Gasteiger partial charge in [0.05, 0.1) is 0 Å². The maximum atomic E-state index is 12.6. The van der Waals surface area contributed by atoms with E-state index in [-0.39, 0.29) is 11.3 Å². The minimum absolute atomic E-state index is 0.150. The smallest absolute Gasteiger partial charge is 0.281 e. The van der Waals surface area contributed by atoms with Gasteiger partial charge in [0.15, 0.2) is 5.69 Å². The van der Waals surface area contributed by atoms with Gasteiger partial charge in [0.1, 0.15) is 0 Å². The zero-order valence-corrected chi connectivity index (χ0v) is 15.1. The zero-order valence-electron chi connectivity index (χ0n) is 15.1. The summed E-state index contributed by atoms with van der Waals surface area (Å²) in [5.74, 6) is 2.53. The highest BCUT2D eigenvalue weighted by atomic mass is 16.2. The lowest BCUT2D eigenvalue weighted by molar-refractivity contribution is -0.0128. The van der Waals surface area contributed by atoms with Crippen molar-refractivity contribution in [1.82, 2.24) is 15.6 Å². The number of amides is 1. The fourth-order valence-corrected chi connectivity index (χ4v) is 6.53. The predicted molar refractivity (Wildman–Crippen MR) is 96.4 cm³/mol. The number of hydrogen-bond donors (Lipinski definition) is 2. The topological polar surface area (TPSA) is 70.1 Å². The molecule has 4 bridgehead atoms. The van der Waals surface area contributed by atoms with Gasteiger partial charge < -0.3 is 0 Å². The Bertz CT molecular complexity index is 697. The van der Waals surface area contributed by atoms with E-state index in [1.54, 1.807) is 0 Å². The van der Waals surface area contributed by atoms with Crippen molar-refractivity contribution >= 4 is 11.6 Å². The van der Waals surface area contributed by atoms with Crippen molar-refractivity contribution in [3.8, 4) is 0 Å². The molecule has 0 aromatic carbocycles. The number of nitrogens with zero attached hydrogens (tertiary/aromatic N) is 2. The van der Waals surface area contributed by atoms with Crippen molar-refractivity contribution in [2.75, 3.05) is 0 Å². The monoisotopic (exact) mass is 340 g/mol. The van der Waals surface area contributed by atoms with Gasteiger partial charge in [0, 0.05) is 22.4 Å². The lowest BCUT2D eigenvalue weighted by Gasteiger charge is -2.56. The van der Waals surface area contributed by atoms with Crippen LogP contribution in [0.4, 0.5) is 0 Å². The van der Waals surface area contributed by atoms with Gasteiger partial charge in [0.25, 0.3) is 5.91 Å². The normalized spacial score (nSPS) is 36.4. The highest BCUT2D eigenvalue weighted by Crippen LogP contribution is 2.60. The summed E-state index contributed by atoms with van der Waals surface area (Å²) in [5, 5.41) is 11.9. The number of nitrogens with one attached hydrogen (secondary N) is 2. The summed E-state index contributed by atoms with van der Waals surface area (Å²) in [6, 6.07) is 0. The maximum Gasteiger partial charge on any atom is 0.292 e. The fraction of sp³-hybridized carbons (Fsp3) is 0.750. The molecule has 0 radical (unpaired) electrons. The summed E-state index contributed by atoms with van der Waals surface area (Å²) in [5.41, 5.74) is 7.02. The second-order valence-electron chi connectivity index (χ2n) is 9.07. The number of hydrazone groups is 1. The van der Waals surface area contributed by atoms with Gasteiger partial charge in [-0.05, 0) is 88.9 Å². The first-order chi connectivity index (χ1) is 12.1. The molecule has 0 spiro atoms. The standard InChI is InChI=1S/C20H28N4O/c1-12(20-9-13-6-14(10-20)8-15(7-13)11-20)21-24-19(25)18-16-4-2-3-5-17(16)22-23-18/h13-15H,2-11H2,1H3,(H,22,23)(H,24,25)/b21-12+. The van der Waals surface area contributed by atoms with Crippen molar-refractivity contribution in [2.45, 2.75) is 71.1 Å². The van der Waals surface area contributed by atoms with Crippen LogP contribution in [0.3, 0.4) is 0 Å². The molecule has 134 valence electrons. The van der Waals surface area contributed by atoms with Crippen LogP contribution >= 0.6 is 0 Å². The van der Waals surface area contributed by atoms with E-state index in [0.717, 1.165) is 54.0 Å². The lowest BCUT2D eigenvalue weighted by Crippen LogP contribution is -2.49. The molecular formula is C20H28N4O. The van der Waals surface area contributed by atoms with E-state index in [4.69, 9.17) is 0 Å². The highest BCUT2D eigenvalue weighted by molar-refractivity contribution is 5.96. The molecule has 2 N–H and O–H groups in total. The van der Waals surface area contributed by atoms with Gasteiger partial charge in [-0.3, -0.25) is 9.89 Å². The van der Waals surface area contributed by atoms with Crippen molar-refractivity contribution in [1.29, 1.82) is 0 Å². The molecule has 4 fully saturated rings. The summed E-state index contributed by atoms with van der Waals surface area (Å²) in [7, 11) is 0. The van der Waals surface area contributed by atoms with Gasteiger partial charge in [-0.1, -0.05) is 0 Å².